The van der Waals surface area contributed by atoms with Crippen molar-refractivity contribution in [2.24, 2.45) is 0 Å². The van der Waals surface area contributed by atoms with Crippen molar-refractivity contribution in [3.8, 4) is 0 Å². The molecule has 0 radical (unpaired) electrons. The SMILES string of the molecule is CC(C)(C)Nc1ccn([C@@H]2O[C@H](CO)C(O)[C@H]2O)c(=O)n1. The minimum atomic E-state index is -1.30. The Labute approximate surface area is 122 Å². The lowest BCUT2D eigenvalue weighted by Crippen LogP contribution is -2.36. The summed E-state index contributed by atoms with van der Waals surface area (Å²) < 4.78 is 6.39. The lowest BCUT2D eigenvalue weighted by atomic mass is 10.1. The van der Waals surface area contributed by atoms with Gasteiger partial charge >= 0.3 is 5.69 Å². The molecule has 118 valence electrons. The topological polar surface area (TPSA) is 117 Å². The smallest absolute Gasteiger partial charge is 0.351 e. The Hall–Kier alpha value is -1.48. The summed E-state index contributed by atoms with van der Waals surface area (Å²) in [6, 6.07) is 1.58. The summed E-state index contributed by atoms with van der Waals surface area (Å²) in [7, 11) is 0. The first kappa shape index (κ1) is 15.9. The molecule has 1 unspecified atom stereocenters. The maximum atomic E-state index is 12.0. The van der Waals surface area contributed by atoms with E-state index in [0.29, 0.717) is 5.82 Å². The highest BCUT2D eigenvalue weighted by Crippen LogP contribution is 2.28. The van der Waals surface area contributed by atoms with Gasteiger partial charge in [0.05, 0.1) is 6.61 Å². The number of nitrogens with zero attached hydrogens (tertiary/aromatic N) is 2. The average Bonchev–Trinajstić information content (AvgIpc) is 2.65. The predicted octanol–water partition coefficient (Wildman–Crippen LogP) is -0.935. The molecule has 1 fully saturated rings. The monoisotopic (exact) mass is 299 g/mol. The number of aromatic nitrogens is 2. The molecular weight excluding hydrogens is 278 g/mol. The Morgan fingerprint density at radius 3 is 2.52 bits per heavy atom. The molecule has 4 atom stereocenters. The predicted molar refractivity (Wildman–Crippen MR) is 74.9 cm³/mol. The minimum Gasteiger partial charge on any atom is -0.394 e. The molecule has 2 heterocycles. The Bertz CT molecular complexity index is 553. The second-order valence-corrected chi connectivity index (χ2v) is 6.11. The fourth-order valence-electron chi connectivity index (χ4n) is 2.17. The molecule has 0 aliphatic carbocycles. The van der Waals surface area contributed by atoms with Crippen molar-refractivity contribution in [1.29, 1.82) is 0 Å². The van der Waals surface area contributed by atoms with Gasteiger partial charge in [-0.05, 0) is 26.8 Å². The number of nitrogens with one attached hydrogen (secondary N) is 1. The molecule has 0 amide bonds. The number of aliphatic hydroxyl groups is 3. The first-order valence-electron chi connectivity index (χ1n) is 6.73. The first-order chi connectivity index (χ1) is 9.73. The van der Waals surface area contributed by atoms with Crippen LogP contribution in [0.5, 0.6) is 0 Å². The van der Waals surface area contributed by atoms with Crippen molar-refractivity contribution in [2.45, 2.75) is 50.8 Å². The number of hydrogen-bond acceptors (Lipinski definition) is 7. The Morgan fingerprint density at radius 2 is 2.05 bits per heavy atom. The molecule has 0 bridgehead atoms. The van der Waals surface area contributed by atoms with E-state index >= 15 is 0 Å². The van der Waals surface area contributed by atoms with Gasteiger partial charge in [-0.2, -0.15) is 4.98 Å². The van der Waals surface area contributed by atoms with E-state index in [4.69, 9.17) is 9.84 Å². The van der Waals surface area contributed by atoms with Crippen LogP contribution in [0.25, 0.3) is 0 Å². The maximum Gasteiger partial charge on any atom is 0.351 e. The van der Waals surface area contributed by atoms with Crippen LogP contribution in [0.2, 0.25) is 0 Å². The molecule has 1 saturated heterocycles. The Morgan fingerprint density at radius 1 is 1.38 bits per heavy atom. The Kier molecular flexibility index (Phi) is 4.33. The van der Waals surface area contributed by atoms with Crippen molar-refractivity contribution in [3.63, 3.8) is 0 Å². The molecule has 1 aliphatic rings. The van der Waals surface area contributed by atoms with E-state index in [2.05, 4.69) is 10.3 Å². The molecule has 8 nitrogen and oxygen atoms in total. The van der Waals surface area contributed by atoms with Crippen LogP contribution < -0.4 is 11.0 Å². The summed E-state index contributed by atoms with van der Waals surface area (Å²) in [5, 5.41) is 31.7. The summed E-state index contributed by atoms with van der Waals surface area (Å²) in [5.74, 6) is 0.412. The van der Waals surface area contributed by atoms with Crippen LogP contribution in [0.4, 0.5) is 5.82 Å². The standard InChI is InChI=1S/C13H21N3O5/c1-13(2,3)15-8-4-5-16(12(20)14-8)11-10(19)9(18)7(6-17)21-11/h4-5,7,9-11,17-19H,6H2,1-3H3,(H,14,15,20)/t7-,9?,10-,11-/m1/s1. The quantitative estimate of drug-likeness (QED) is 0.569. The third kappa shape index (κ3) is 3.41. The fourth-order valence-corrected chi connectivity index (χ4v) is 2.17. The molecule has 1 aliphatic heterocycles. The summed E-state index contributed by atoms with van der Waals surface area (Å²) >= 11 is 0. The summed E-state index contributed by atoms with van der Waals surface area (Å²) in [6.45, 7) is 5.37. The second kappa shape index (κ2) is 5.72. The zero-order chi connectivity index (χ0) is 15.8. The van der Waals surface area contributed by atoms with E-state index in [1.54, 1.807) is 6.07 Å². The molecule has 0 saturated carbocycles. The molecular formula is C13H21N3O5. The van der Waals surface area contributed by atoms with Crippen LogP contribution in [0, 0.1) is 0 Å². The molecule has 21 heavy (non-hydrogen) atoms. The van der Waals surface area contributed by atoms with E-state index in [1.807, 2.05) is 20.8 Å². The summed E-state index contributed by atoms with van der Waals surface area (Å²) in [6.07, 6.45) is -3.11. The molecule has 4 N–H and O–H groups in total. The van der Waals surface area contributed by atoms with Crippen LogP contribution in [-0.2, 0) is 4.74 Å². The van der Waals surface area contributed by atoms with Gasteiger partial charge in [0.1, 0.15) is 24.1 Å². The number of hydrogen-bond donors (Lipinski definition) is 4. The van der Waals surface area contributed by atoms with Gasteiger partial charge in [0.15, 0.2) is 6.23 Å². The van der Waals surface area contributed by atoms with Gasteiger partial charge in [0.2, 0.25) is 0 Å². The minimum absolute atomic E-state index is 0.243. The molecule has 0 spiro atoms. The highest BCUT2D eigenvalue weighted by atomic mass is 16.6. The van der Waals surface area contributed by atoms with Crippen LogP contribution in [0.15, 0.2) is 17.1 Å². The van der Waals surface area contributed by atoms with Gasteiger partial charge in [-0.1, -0.05) is 0 Å². The molecule has 1 aromatic heterocycles. The van der Waals surface area contributed by atoms with Crippen molar-refractivity contribution >= 4 is 5.82 Å². The van der Waals surface area contributed by atoms with Crippen molar-refractivity contribution in [3.05, 3.63) is 22.7 Å². The normalized spacial score (nSPS) is 29.6. The fraction of sp³-hybridized carbons (Fsp3) is 0.692. The van der Waals surface area contributed by atoms with E-state index in [0.717, 1.165) is 4.57 Å². The van der Waals surface area contributed by atoms with E-state index < -0.39 is 36.8 Å². The largest absolute Gasteiger partial charge is 0.394 e. The van der Waals surface area contributed by atoms with Crippen LogP contribution >= 0.6 is 0 Å². The van der Waals surface area contributed by atoms with Gasteiger partial charge in [-0.15, -0.1) is 0 Å². The van der Waals surface area contributed by atoms with Crippen LogP contribution in [0.1, 0.15) is 27.0 Å². The van der Waals surface area contributed by atoms with Gasteiger partial charge in [-0.3, -0.25) is 4.57 Å². The first-order valence-corrected chi connectivity index (χ1v) is 6.73. The van der Waals surface area contributed by atoms with E-state index in [1.165, 1.54) is 6.20 Å². The van der Waals surface area contributed by atoms with Gasteiger partial charge < -0.3 is 25.4 Å². The molecule has 0 aromatic carbocycles. The summed E-state index contributed by atoms with van der Waals surface area (Å²) in [4.78, 5) is 15.9. The van der Waals surface area contributed by atoms with E-state index in [9.17, 15) is 15.0 Å². The highest BCUT2D eigenvalue weighted by Gasteiger charge is 2.43. The number of ether oxygens (including phenoxy) is 1. The molecule has 2 rings (SSSR count). The number of anilines is 1. The van der Waals surface area contributed by atoms with Crippen LogP contribution in [-0.4, -0.2) is 55.3 Å². The van der Waals surface area contributed by atoms with Crippen molar-refractivity contribution in [1.82, 2.24) is 9.55 Å². The maximum absolute atomic E-state index is 12.0. The number of rotatable bonds is 3. The second-order valence-electron chi connectivity index (χ2n) is 6.11. The lowest BCUT2D eigenvalue weighted by Gasteiger charge is -2.22. The van der Waals surface area contributed by atoms with Crippen LogP contribution in [0.3, 0.4) is 0 Å². The van der Waals surface area contributed by atoms with Gasteiger partial charge in [0, 0.05) is 11.7 Å². The van der Waals surface area contributed by atoms with Crippen molar-refractivity contribution in [2.75, 3.05) is 11.9 Å². The lowest BCUT2D eigenvalue weighted by molar-refractivity contribution is -0.0549. The van der Waals surface area contributed by atoms with Gasteiger partial charge in [0.25, 0.3) is 0 Å². The summed E-state index contributed by atoms with van der Waals surface area (Å²) in [5.41, 5.74) is -0.855. The van der Waals surface area contributed by atoms with Crippen molar-refractivity contribution < 1.29 is 20.1 Å². The third-order valence-electron chi connectivity index (χ3n) is 3.12. The average molecular weight is 299 g/mol. The zero-order valence-corrected chi connectivity index (χ0v) is 12.2. The van der Waals surface area contributed by atoms with Gasteiger partial charge in [-0.25, -0.2) is 4.79 Å². The van der Waals surface area contributed by atoms with E-state index in [-0.39, 0.29) is 5.54 Å². The Balaban J connectivity index is 2.24. The molecule has 1 aromatic rings. The highest BCUT2D eigenvalue weighted by molar-refractivity contribution is 5.34. The zero-order valence-electron chi connectivity index (χ0n) is 12.2. The number of aliphatic hydroxyl groups excluding tert-OH is 3. The molecule has 8 heteroatoms. The third-order valence-corrected chi connectivity index (χ3v) is 3.12.